The van der Waals surface area contributed by atoms with Gasteiger partial charge in [0.15, 0.2) is 0 Å². The predicted molar refractivity (Wildman–Crippen MR) is 112 cm³/mol. The van der Waals surface area contributed by atoms with Crippen molar-refractivity contribution in [3.63, 3.8) is 0 Å². The first kappa shape index (κ1) is 21.9. The van der Waals surface area contributed by atoms with Crippen LogP contribution >= 0.6 is 0 Å². The van der Waals surface area contributed by atoms with Crippen LogP contribution in [-0.4, -0.2) is 54.5 Å². The third-order valence-corrected chi connectivity index (χ3v) is 5.77. The Hall–Kier alpha value is -3.34. The van der Waals surface area contributed by atoms with Gasteiger partial charge in [0.1, 0.15) is 0 Å². The molecule has 1 saturated heterocycles. The molecule has 2 aliphatic rings. The van der Waals surface area contributed by atoms with Gasteiger partial charge in [-0.1, -0.05) is 12.1 Å². The normalized spacial score (nSPS) is 17.4. The molecule has 1 aliphatic heterocycles. The number of carbonyl (C=O) groups excluding carboxylic acids is 2. The van der Waals surface area contributed by atoms with Crippen molar-refractivity contribution in [3.8, 4) is 0 Å². The van der Waals surface area contributed by atoms with Crippen molar-refractivity contribution < 1.29 is 23.1 Å². The topological polar surface area (TPSA) is 108 Å². The number of hydrazine groups is 1. The Morgan fingerprint density at radius 1 is 1.03 bits per heavy atom. The average molecular weight is 446 g/mol. The molecular weight excluding hydrogens is 422 g/mol. The molecule has 1 aromatic carbocycles. The van der Waals surface area contributed by atoms with Crippen molar-refractivity contribution in [2.45, 2.75) is 31.2 Å². The highest BCUT2D eigenvalue weighted by molar-refractivity contribution is 5.95. The van der Waals surface area contributed by atoms with Crippen LogP contribution in [-0.2, 0) is 15.1 Å². The van der Waals surface area contributed by atoms with E-state index >= 15 is 0 Å². The molecule has 0 atom stereocenters. The maximum absolute atomic E-state index is 12.2. The molecule has 0 unspecified atom stereocenters. The first-order chi connectivity index (χ1) is 15.5. The highest BCUT2D eigenvalue weighted by Gasteiger charge is 2.39. The summed E-state index contributed by atoms with van der Waals surface area (Å²) in [4.78, 5) is 33.4. The maximum Gasteiger partial charge on any atom is 0.317 e. The number of aromatic nitrogens is 2. The number of halogens is 2. The van der Waals surface area contributed by atoms with Crippen molar-refractivity contribution in [2.24, 2.45) is 0 Å². The number of ether oxygens (including phenoxy) is 1. The number of morpholine rings is 1. The highest BCUT2D eigenvalue weighted by Crippen LogP contribution is 2.43. The molecule has 2 heterocycles. The summed E-state index contributed by atoms with van der Waals surface area (Å²) in [5, 5.41) is 3.38. The number of benzene rings is 1. The highest BCUT2D eigenvalue weighted by atomic mass is 19.3. The zero-order valence-corrected chi connectivity index (χ0v) is 17.3. The Bertz CT molecular complexity index is 945. The largest absolute Gasteiger partial charge is 0.378 e. The van der Waals surface area contributed by atoms with E-state index in [1.54, 1.807) is 5.43 Å². The number of hydrogen-bond donors (Lipinski definition) is 3. The number of alkyl halides is 2. The Morgan fingerprint density at radius 2 is 1.69 bits per heavy atom. The third-order valence-electron chi connectivity index (χ3n) is 5.77. The molecule has 3 N–H and O–H groups in total. The number of carbonyl (C=O) groups is 2. The van der Waals surface area contributed by atoms with Gasteiger partial charge in [-0.2, -0.15) is 8.78 Å². The van der Waals surface area contributed by atoms with E-state index in [9.17, 15) is 18.4 Å². The minimum Gasteiger partial charge on any atom is -0.378 e. The molecule has 1 aromatic heterocycles. The van der Waals surface area contributed by atoms with Gasteiger partial charge < -0.3 is 15.0 Å². The predicted octanol–water partition coefficient (Wildman–Crippen LogP) is 1.83. The van der Waals surface area contributed by atoms with Crippen LogP contribution in [0.25, 0.3) is 0 Å². The molecule has 170 valence electrons. The van der Waals surface area contributed by atoms with Gasteiger partial charge in [0, 0.05) is 31.2 Å². The van der Waals surface area contributed by atoms with Gasteiger partial charge >= 0.3 is 12.3 Å². The number of anilines is 2. The summed E-state index contributed by atoms with van der Waals surface area (Å²) in [7, 11) is 0. The Labute approximate surface area is 183 Å². The van der Waals surface area contributed by atoms with Gasteiger partial charge in [-0.15, -0.1) is 0 Å². The van der Waals surface area contributed by atoms with Crippen LogP contribution in [0.4, 0.5) is 20.4 Å². The smallest absolute Gasteiger partial charge is 0.317 e. The summed E-state index contributed by atoms with van der Waals surface area (Å²) in [5.74, 6) is -2.03. The molecule has 2 fully saturated rings. The van der Waals surface area contributed by atoms with Gasteiger partial charge in [0.25, 0.3) is 5.91 Å². The van der Waals surface area contributed by atoms with Crippen LogP contribution in [0, 0.1) is 0 Å². The minimum atomic E-state index is -3.22. The molecule has 2 amide bonds. The Kier molecular flexibility index (Phi) is 6.45. The zero-order valence-electron chi connectivity index (χ0n) is 17.3. The van der Waals surface area contributed by atoms with Crippen molar-refractivity contribution >= 4 is 23.5 Å². The molecule has 1 saturated carbocycles. The molecule has 32 heavy (non-hydrogen) atoms. The molecular formula is C21H24F2N6O3. The molecule has 0 radical (unpaired) electrons. The lowest BCUT2D eigenvalue weighted by molar-refractivity contribution is -0.132. The van der Waals surface area contributed by atoms with E-state index in [1.807, 2.05) is 5.43 Å². The standard InChI is InChI=1S/C21H24F2N6O3/c22-17(23)19(31)28-27-18(30)14-12-24-20(25-13-14)26-21(6-1-7-21)15-2-4-16(5-3-15)29-8-10-32-11-9-29/h2-5,12-13,17H,1,6-11H2,(H,27,30)(H,28,31)(H,24,25,26). The Morgan fingerprint density at radius 3 is 2.25 bits per heavy atom. The number of amides is 2. The summed E-state index contributed by atoms with van der Waals surface area (Å²) < 4.78 is 29.8. The molecule has 1 aliphatic carbocycles. The van der Waals surface area contributed by atoms with E-state index < -0.39 is 18.2 Å². The molecule has 11 heteroatoms. The third kappa shape index (κ3) is 4.77. The summed E-state index contributed by atoms with van der Waals surface area (Å²) >= 11 is 0. The van der Waals surface area contributed by atoms with E-state index in [4.69, 9.17) is 4.74 Å². The van der Waals surface area contributed by atoms with Crippen LogP contribution in [0.3, 0.4) is 0 Å². The van der Waals surface area contributed by atoms with E-state index in [-0.39, 0.29) is 11.1 Å². The fraction of sp³-hybridized carbons (Fsp3) is 0.429. The number of rotatable bonds is 6. The van der Waals surface area contributed by atoms with Crippen molar-refractivity contribution in [1.29, 1.82) is 0 Å². The molecule has 4 rings (SSSR count). The lowest BCUT2D eigenvalue weighted by atomic mass is 9.72. The second-order valence-electron chi connectivity index (χ2n) is 7.75. The van der Waals surface area contributed by atoms with Crippen LogP contribution < -0.4 is 21.1 Å². The quantitative estimate of drug-likeness (QED) is 0.581. The van der Waals surface area contributed by atoms with Crippen LogP contribution in [0.15, 0.2) is 36.7 Å². The van der Waals surface area contributed by atoms with Gasteiger partial charge in [0.2, 0.25) is 5.95 Å². The van der Waals surface area contributed by atoms with Gasteiger partial charge in [-0.25, -0.2) is 9.97 Å². The summed E-state index contributed by atoms with van der Waals surface area (Å²) in [5.41, 5.74) is 5.58. The molecule has 0 bridgehead atoms. The fourth-order valence-corrected chi connectivity index (χ4v) is 3.80. The first-order valence-corrected chi connectivity index (χ1v) is 10.4. The minimum absolute atomic E-state index is 0.0302. The maximum atomic E-state index is 12.2. The van der Waals surface area contributed by atoms with Gasteiger partial charge in [-0.3, -0.25) is 20.4 Å². The molecule has 9 nitrogen and oxygen atoms in total. The number of nitrogens with one attached hydrogen (secondary N) is 3. The van der Waals surface area contributed by atoms with Gasteiger partial charge in [0.05, 0.1) is 24.3 Å². The second kappa shape index (κ2) is 9.43. The van der Waals surface area contributed by atoms with Crippen LogP contribution in [0.5, 0.6) is 0 Å². The lowest BCUT2D eigenvalue weighted by Gasteiger charge is -2.43. The van der Waals surface area contributed by atoms with E-state index in [0.717, 1.165) is 56.8 Å². The van der Waals surface area contributed by atoms with Gasteiger partial charge in [-0.05, 0) is 37.0 Å². The van der Waals surface area contributed by atoms with E-state index in [1.165, 1.54) is 12.4 Å². The second-order valence-corrected chi connectivity index (χ2v) is 7.75. The first-order valence-electron chi connectivity index (χ1n) is 10.4. The average Bonchev–Trinajstić information content (AvgIpc) is 2.80. The summed E-state index contributed by atoms with van der Waals surface area (Å²) in [6.07, 6.45) is 2.24. The van der Waals surface area contributed by atoms with Crippen LogP contribution in [0.2, 0.25) is 0 Å². The monoisotopic (exact) mass is 446 g/mol. The van der Waals surface area contributed by atoms with Crippen molar-refractivity contribution in [2.75, 3.05) is 36.5 Å². The van der Waals surface area contributed by atoms with E-state index in [0.29, 0.717) is 5.95 Å². The molecule has 0 spiro atoms. The summed E-state index contributed by atoms with van der Waals surface area (Å²) in [6, 6.07) is 8.46. The van der Waals surface area contributed by atoms with Crippen molar-refractivity contribution in [3.05, 3.63) is 47.8 Å². The number of hydrogen-bond acceptors (Lipinski definition) is 7. The van der Waals surface area contributed by atoms with Crippen molar-refractivity contribution in [1.82, 2.24) is 20.8 Å². The summed E-state index contributed by atoms with van der Waals surface area (Å²) in [6.45, 7) is 3.22. The van der Waals surface area contributed by atoms with Crippen LogP contribution in [0.1, 0.15) is 35.2 Å². The SMILES string of the molecule is O=C(NNC(=O)C(F)F)c1cnc(NC2(c3ccc(N4CCOCC4)cc3)CCC2)nc1. The zero-order chi connectivity index (χ0) is 22.6. The lowest BCUT2D eigenvalue weighted by Crippen LogP contribution is -2.44. The molecule has 2 aromatic rings. The Balaban J connectivity index is 1.40. The number of nitrogens with zero attached hydrogens (tertiary/aromatic N) is 3. The van der Waals surface area contributed by atoms with E-state index in [2.05, 4.69) is 44.5 Å². The fourth-order valence-electron chi connectivity index (χ4n) is 3.80.